The quantitative estimate of drug-likeness (QED) is 0.724. The van der Waals surface area contributed by atoms with E-state index >= 15 is 0 Å². The Morgan fingerprint density at radius 1 is 1.44 bits per heavy atom. The first-order valence-electron chi connectivity index (χ1n) is 6.12. The molecular weight excluding hydrogens is 204 g/mol. The van der Waals surface area contributed by atoms with Crippen LogP contribution in [0.15, 0.2) is 0 Å². The monoisotopic (exact) mass is 228 g/mol. The van der Waals surface area contributed by atoms with Gasteiger partial charge >= 0.3 is 0 Å². The zero-order valence-electron chi connectivity index (χ0n) is 10.8. The summed E-state index contributed by atoms with van der Waals surface area (Å²) in [4.78, 5) is 13.8. The van der Waals surface area contributed by atoms with Crippen molar-refractivity contribution in [2.24, 2.45) is 5.92 Å². The fourth-order valence-corrected chi connectivity index (χ4v) is 1.83. The van der Waals surface area contributed by atoms with Crippen molar-refractivity contribution in [3.8, 4) is 0 Å². The van der Waals surface area contributed by atoms with E-state index in [0.29, 0.717) is 19.0 Å². The molecule has 0 aromatic rings. The molecule has 0 spiro atoms. The van der Waals surface area contributed by atoms with Crippen LogP contribution in [0.5, 0.6) is 0 Å². The molecule has 1 fully saturated rings. The number of nitrogens with zero attached hydrogens (tertiary/aromatic N) is 1. The summed E-state index contributed by atoms with van der Waals surface area (Å²) in [5.41, 5.74) is -0.563. The fourth-order valence-electron chi connectivity index (χ4n) is 1.83. The van der Waals surface area contributed by atoms with Crippen molar-refractivity contribution in [2.75, 3.05) is 19.6 Å². The van der Waals surface area contributed by atoms with E-state index in [9.17, 15) is 9.90 Å². The molecular formula is C12H24N2O2. The Morgan fingerprint density at radius 2 is 2.00 bits per heavy atom. The molecule has 0 saturated carbocycles. The summed E-state index contributed by atoms with van der Waals surface area (Å²) in [7, 11) is 0. The first-order chi connectivity index (χ1) is 7.38. The average molecular weight is 228 g/mol. The van der Waals surface area contributed by atoms with Crippen LogP contribution in [0.25, 0.3) is 0 Å². The second-order valence-corrected chi connectivity index (χ2v) is 5.30. The van der Waals surface area contributed by atoms with Crippen LogP contribution in [0.1, 0.15) is 34.1 Å². The third kappa shape index (κ3) is 3.19. The molecule has 1 rings (SSSR count). The maximum atomic E-state index is 11.7. The third-order valence-electron chi connectivity index (χ3n) is 3.26. The number of hydrogen-bond acceptors (Lipinski definition) is 3. The van der Waals surface area contributed by atoms with Crippen LogP contribution in [0.2, 0.25) is 0 Å². The minimum absolute atomic E-state index is 0.0619. The molecule has 1 atom stereocenters. The Bertz CT molecular complexity index is 247. The largest absolute Gasteiger partial charge is 0.387 e. The van der Waals surface area contributed by atoms with E-state index < -0.39 is 5.60 Å². The molecule has 0 aliphatic carbocycles. The summed E-state index contributed by atoms with van der Waals surface area (Å²) < 4.78 is 0. The lowest BCUT2D eigenvalue weighted by Crippen LogP contribution is -2.66. The molecule has 16 heavy (non-hydrogen) atoms. The van der Waals surface area contributed by atoms with E-state index in [1.165, 1.54) is 0 Å². The summed E-state index contributed by atoms with van der Waals surface area (Å²) in [6.07, 6.45) is 0.754. The maximum absolute atomic E-state index is 11.7. The third-order valence-corrected chi connectivity index (χ3v) is 3.26. The van der Waals surface area contributed by atoms with Gasteiger partial charge in [-0.3, -0.25) is 9.69 Å². The molecule has 0 bridgehead atoms. The van der Waals surface area contributed by atoms with E-state index in [1.54, 1.807) is 0 Å². The number of carbonyl (C=O) groups is 1. The lowest BCUT2D eigenvalue weighted by Gasteiger charge is -2.48. The molecule has 4 heteroatoms. The molecule has 94 valence electrons. The number of rotatable bonds is 5. The van der Waals surface area contributed by atoms with Crippen molar-refractivity contribution < 1.29 is 9.90 Å². The lowest BCUT2D eigenvalue weighted by molar-refractivity contribution is -0.142. The van der Waals surface area contributed by atoms with Crippen LogP contribution in [-0.2, 0) is 4.79 Å². The SMILES string of the molecule is CCC1(O)CN(C(C)C(=O)NCC(C)C)C1. The number of carbonyl (C=O) groups excluding carboxylic acids is 1. The summed E-state index contributed by atoms with van der Waals surface area (Å²) in [6.45, 7) is 9.95. The summed E-state index contributed by atoms with van der Waals surface area (Å²) in [5.74, 6) is 0.534. The van der Waals surface area contributed by atoms with E-state index in [1.807, 2.05) is 18.7 Å². The highest BCUT2D eigenvalue weighted by atomic mass is 16.3. The average Bonchev–Trinajstić information content (AvgIpc) is 2.20. The van der Waals surface area contributed by atoms with E-state index in [0.717, 1.165) is 13.0 Å². The fraction of sp³-hybridized carbons (Fsp3) is 0.917. The van der Waals surface area contributed by atoms with Gasteiger partial charge in [-0.2, -0.15) is 0 Å². The molecule has 0 aromatic carbocycles. The lowest BCUT2D eigenvalue weighted by atomic mass is 9.90. The van der Waals surface area contributed by atoms with Gasteiger partial charge in [0.2, 0.25) is 5.91 Å². The summed E-state index contributed by atoms with van der Waals surface area (Å²) in [5, 5.41) is 12.8. The van der Waals surface area contributed by atoms with Crippen molar-refractivity contribution in [1.29, 1.82) is 0 Å². The van der Waals surface area contributed by atoms with Crippen molar-refractivity contribution >= 4 is 5.91 Å². The molecule has 1 heterocycles. The molecule has 4 nitrogen and oxygen atoms in total. The van der Waals surface area contributed by atoms with Crippen LogP contribution in [-0.4, -0.2) is 47.2 Å². The predicted molar refractivity (Wildman–Crippen MR) is 64.1 cm³/mol. The molecule has 0 radical (unpaired) electrons. The predicted octanol–water partition coefficient (Wildman–Crippen LogP) is 0.604. The zero-order chi connectivity index (χ0) is 12.3. The molecule has 1 unspecified atom stereocenters. The number of hydrogen-bond donors (Lipinski definition) is 2. The highest BCUT2D eigenvalue weighted by Gasteiger charge is 2.43. The molecule has 1 aliphatic rings. The zero-order valence-corrected chi connectivity index (χ0v) is 10.8. The molecule has 0 aromatic heterocycles. The number of nitrogens with one attached hydrogen (secondary N) is 1. The first-order valence-corrected chi connectivity index (χ1v) is 6.12. The summed E-state index contributed by atoms with van der Waals surface area (Å²) in [6, 6.07) is -0.134. The highest BCUT2D eigenvalue weighted by Crippen LogP contribution is 2.25. The van der Waals surface area contributed by atoms with E-state index in [4.69, 9.17) is 0 Å². The van der Waals surface area contributed by atoms with Crippen LogP contribution in [0.3, 0.4) is 0 Å². The first kappa shape index (κ1) is 13.5. The van der Waals surface area contributed by atoms with Gasteiger partial charge in [0, 0.05) is 19.6 Å². The summed E-state index contributed by atoms with van der Waals surface area (Å²) >= 11 is 0. The number of β-amino-alcohol motifs (C(OH)–C–C–N with tert-alkyl or cyclic N) is 1. The van der Waals surface area contributed by atoms with Crippen molar-refractivity contribution in [2.45, 2.75) is 45.8 Å². The second-order valence-electron chi connectivity index (χ2n) is 5.30. The van der Waals surface area contributed by atoms with E-state index in [2.05, 4.69) is 19.2 Å². The van der Waals surface area contributed by atoms with Gasteiger partial charge < -0.3 is 10.4 Å². The van der Waals surface area contributed by atoms with Gasteiger partial charge in [0.1, 0.15) is 0 Å². The standard InChI is InChI=1S/C12H24N2O2/c1-5-12(16)7-14(8-12)10(4)11(15)13-6-9(2)3/h9-10,16H,5-8H2,1-4H3,(H,13,15). The van der Waals surface area contributed by atoms with Crippen LogP contribution >= 0.6 is 0 Å². The Labute approximate surface area is 98.0 Å². The van der Waals surface area contributed by atoms with Crippen LogP contribution in [0.4, 0.5) is 0 Å². The van der Waals surface area contributed by atoms with Gasteiger partial charge in [-0.15, -0.1) is 0 Å². The maximum Gasteiger partial charge on any atom is 0.237 e. The number of amides is 1. The van der Waals surface area contributed by atoms with Crippen LogP contribution < -0.4 is 5.32 Å². The van der Waals surface area contributed by atoms with Crippen molar-refractivity contribution in [3.63, 3.8) is 0 Å². The highest BCUT2D eigenvalue weighted by molar-refractivity contribution is 5.81. The van der Waals surface area contributed by atoms with Gasteiger partial charge in [-0.25, -0.2) is 0 Å². The Balaban J connectivity index is 2.31. The second kappa shape index (κ2) is 5.15. The van der Waals surface area contributed by atoms with Gasteiger partial charge in [0.05, 0.1) is 11.6 Å². The van der Waals surface area contributed by atoms with Gasteiger partial charge in [-0.05, 0) is 19.3 Å². The van der Waals surface area contributed by atoms with Crippen LogP contribution in [0, 0.1) is 5.92 Å². The molecule has 1 amide bonds. The van der Waals surface area contributed by atoms with Crippen molar-refractivity contribution in [1.82, 2.24) is 10.2 Å². The topological polar surface area (TPSA) is 52.6 Å². The molecule has 1 saturated heterocycles. The molecule has 1 aliphatic heterocycles. The Kier molecular flexibility index (Phi) is 4.33. The smallest absolute Gasteiger partial charge is 0.237 e. The van der Waals surface area contributed by atoms with Gasteiger partial charge in [0.25, 0.3) is 0 Å². The Morgan fingerprint density at radius 3 is 2.44 bits per heavy atom. The minimum Gasteiger partial charge on any atom is -0.387 e. The minimum atomic E-state index is -0.563. The van der Waals surface area contributed by atoms with Gasteiger partial charge in [-0.1, -0.05) is 20.8 Å². The number of likely N-dealkylation sites (tertiary alicyclic amines) is 1. The van der Waals surface area contributed by atoms with E-state index in [-0.39, 0.29) is 11.9 Å². The van der Waals surface area contributed by atoms with Gasteiger partial charge in [0.15, 0.2) is 0 Å². The normalized spacial score (nSPS) is 21.6. The van der Waals surface area contributed by atoms with Crippen molar-refractivity contribution in [3.05, 3.63) is 0 Å². The molecule has 2 N–H and O–H groups in total. The Hall–Kier alpha value is -0.610. The number of aliphatic hydroxyl groups is 1.